The standard InChI is InChI=1S/C23H20N2O4S/c1-16-7-11-18(12-8-16)21(26)15-24-20-5-3-4-6-22(20)30(28,29)25(23(24)27)19-13-9-17(2)10-14-19/h3-14H,15H2,1-2H3. The lowest BCUT2D eigenvalue weighted by Gasteiger charge is -2.35. The fraction of sp³-hybridized carbons (Fsp3) is 0.130. The largest absolute Gasteiger partial charge is 0.343 e. The van der Waals surface area contributed by atoms with Crippen LogP contribution in [0.25, 0.3) is 0 Å². The van der Waals surface area contributed by atoms with Gasteiger partial charge < -0.3 is 0 Å². The van der Waals surface area contributed by atoms with Gasteiger partial charge in [-0.2, -0.15) is 4.31 Å². The van der Waals surface area contributed by atoms with Crippen LogP contribution in [0.4, 0.5) is 16.2 Å². The van der Waals surface area contributed by atoms with E-state index in [1.807, 2.05) is 26.0 Å². The first-order valence-electron chi connectivity index (χ1n) is 9.41. The van der Waals surface area contributed by atoms with Gasteiger partial charge in [-0.1, -0.05) is 59.7 Å². The zero-order valence-electron chi connectivity index (χ0n) is 16.6. The summed E-state index contributed by atoms with van der Waals surface area (Å²) >= 11 is 0. The maximum atomic E-state index is 13.3. The maximum Gasteiger partial charge on any atom is 0.343 e. The van der Waals surface area contributed by atoms with E-state index in [4.69, 9.17) is 0 Å². The molecule has 0 saturated heterocycles. The molecule has 7 heteroatoms. The first-order valence-corrected chi connectivity index (χ1v) is 10.9. The molecule has 3 aromatic carbocycles. The van der Waals surface area contributed by atoms with E-state index in [0.717, 1.165) is 15.4 Å². The molecule has 0 radical (unpaired) electrons. The number of benzene rings is 3. The van der Waals surface area contributed by atoms with E-state index in [1.54, 1.807) is 54.6 Å². The molecular formula is C23H20N2O4S. The third-order valence-electron chi connectivity index (χ3n) is 5.02. The molecule has 3 aromatic rings. The number of urea groups is 1. The SMILES string of the molecule is Cc1ccc(C(=O)CN2C(=O)N(c3ccc(C)cc3)S(=O)(=O)c3ccccc32)cc1. The first kappa shape index (κ1) is 19.8. The molecular weight excluding hydrogens is 400 g/mol. The monoisotopic (exact) mass is 420 g/mol. The van der Waals surface area contributed by atoms with Crippen molar-refractivity contribution in [1.29, 1.82) is 0 Å². The Morgan fingerprint density at radius 2 is 1.40 bits per heavy atom. The summed E-state index contributed by atoms with van der Waals surface area (Å²) in [5, 5.41) is 0. The zero-order chi connectivity index (χ0) is 21.5. The second-order valence-corrected chi connectivity index (χ2v) is 8.99. The van der Waals surface area contributed by atoms with Crippen molar-refractivity contribution in [3.8, 4) is 0 Å². The average Bonchev–Trinajstić information content (AvgIpc) is 2.73. The van der Waals surface area contributed by atoms with E-state index in [9.17, 15) is 18.0 Å². The second kappa shape index (κ2) is 7.42. The van der Waals surface area contributed by atoms with Crippen LogP contribution in [0.15, 0.2) is 77.7 Å². The predicted octanol–water partition coefficient (Wildman–Crippen LogP) is 4.32. The zero-order valence-corrected chi connectivity index (χ0v) is 17.4. The number of carbonyl (C=O) groups is 2. The third-order valence-corrected chi connectivity index (χ3v) is 6.77. The molecule has 0 aromatic heterocycles. The van der Waals surface area contributed by atoms with Crippen LogP contribution in [0.5, 0.6) is 0 Å². The number of para-hydroxylation sites is 1. The number of aryl methyl sites for hydroxylation is 2. The fourth-order valence-electron chi connectivity index (χ4n) is 3.37. The summed E-state index contributed by atoms with van der Waals surface area (Å²) < 4.78 is 27.2. The Bertz CT molecular complexity index is 1230. The lowest BCUT2D eigenvalue weighted by atomic mass is 10.1. The van der Waals surface area contributed by atoms with Gasteiger partial charge in [0.1, 0.15) is 4.90 Å². The van der Waals surface area contributed by atoms with Crippen LogP contribution in [0.1, 0.15) is 21.5 Å². The lowest BCUT2D eigenvalue weighted by Crippen LogP contribution is -2.52. The number of anilines is 2. The number of carbonyl (C=O) groups excluding carboxylic acids is 2. The minimum absolute atomic E-state index is 0.0121. The number of fused-ring (bicyclic) bond motifs is 1. The molecule has 30 heavy (non-hydrogen) atoms. The first-order chi connectivity index (χ1) is 14.3. The Morgan fingerprint density at radius 1 is 0.833 bits per heavy atom. The summed E-state index contributed by atoms with van der Waals surface area (Å²) in [6.07, 6.45) is 0. The maximum absolute atomic E-state index is 13.3. The van der Waals surface area contributed by atoms with Crippen molar-refractivity contribution >= 4 is 33.2 Å². The van der Waals surface area contributed by atoms with E-state index < -0.39 is 16.1 Å². The van der Waals surface area contributed by atoms with Gasteiger partial charge in [0.25, 0.3) is 10.0 Å². The molecule has 1 aliphatic heterocycles. The highest BCUT2D eigenvalue weighted by atomic mass is 32.2. The molecule has 0 fully saturated rings. The number of ketones is 1. The molecule has 2 amide bonds. The van der Waals surface area contributed by atoms with Gasteiger partial charge in [-0.05, 0) is 38.1 Å². The van der Waals surface area contributed by atoms with Crippen molar-refractivity contribution in [1.82, 2.24) is 0 Å². The number of hydrogen-bond donors (Lipinski definition) is 0. The van der Waals surface area contributed by atoms with Crippen molar-refractivity contribution in [3.05, 3.63) is 89.5 Å². The Hall–Kier alpha value is -3.45. The van der Waals surface area contributed by atoms with Gasteiger partial charge in [0.2, 0.25) is 0 Å². The Morgan fingerprint density at radius 3 is 2.03 bits per heavy atom. The van der Waals surface area contributed by atoms with Crippen molar-refractivity contribution in [2.45, 2.75) is 18.7 Å². The highest BCUT2D eigenvalue weighted by Gasteiger charge is 2.43. The summed E-state index contributed by atoms with van der Waals surface area (Å²) in [4.78, 5) is 27.4. The van der Waals surface area contributed by atoms with Crippen LogP contribution in [0.3, 0.4) is 0 Å². The van der Waals surface area contributed by atoms with E-state index >= 15 is 0 Å². The van der Waals surface area contributed by atoms with Gasteiger partial charge in [0.15, 0.2) is 5.78 Å². The summed E-state index contributed by atoms with van der Waals surface area (Å²) in [6.45, 7) is 3.53. The van der Waals surface area contributed by atoms with E-state index in [-0.39, 0.29) is 28.6 Å². The summed E-state index contributed by atoms with van der Waals surface area (Å²) in [7, 11) is -4.11. The molecule has 1 aliphatic rings. The van der Waals surface area contributed by atoms with Crippen LogP contribution in [-0.4, -0.2) is 26.8 Å². The van der Waals surface area contributed by atoms with Crippen molar-refractivity contribution in [3.63, 3.8) is 0 Å². The number of sulfonamides is 1. The molecule has 0 N–H and O–H groups in total. The molecule has 4 rings (SSSR count). The van der Waals surface area contributed by atoms with Crippen molar-refractivity contribution in [2.75, 3.05) is 15.7 Å². The number of amides is 2. The van der Waals surface area contributed by atoms with Gasteiger partial charge in [-0.15, -0.1) is 0 Å². The molecule has 0 aliphatic carbocycles. The minimum atomic E-state index is -4.11. The van der Waals surface area contributed by atoms with Gasteiger partial charge in [-0.25, -0.2) is 13.2 Å². The van der Waals surface area contributed by atoms with Crippen LogP contribution in [0, 0.1) is 13.8 Å². The molecule has 0 bridgehead atoms. The fourth-order valence-corrected chi connectivity index (χ4v) is 4.96. The van der Waals surface area contributed by atoms with Gasteiger partial charge in [-0.3, -0.25) is 9.69 Å². The lowest BCUT2D eigenvalue weighted by molar-refractivity contribution is 0.0999. The molecule has 0 atom stereocenters. The van der Waals surface area contributed by atoms with E-state index in [2.05, 4.69) is 0 Å². The van der Waals surface area contributed by atoms with E-state index in [0.29, 0.717) is 5.56 Å². The molecule has 0 unspecified atom stereocenters. The van der Waals surface area contributed by atoms with Crippen LogP contribution in [-0.2, 0) is 10.0 Å². The molecule has 6 nitrogen and oxygen atoms in total. The van der Waals surface area contributed by atoms with Crippen LogP contribution >= 0.6 is 0 Å². The summed E-state index contributed by atoms with van der Waals surface area (Å²) in [6, 6.07) is 19.1. The number of Topliss-reactive ketones (excluding diaryl/α,β-unsaturated/α-hetero) is 1. The number of nitrogens with zero attached hydrogens (tertiary/aromatic N) is 2. The Labute approximate surface area is 175 Å². The molecule has 0 saturated carbocycles. The topological polar surface area (TPSA) is 74.8 Å². The van der Waals surface area contributed by atoms with E-state index in [1.165, 1.54) is 11.0 Å². The quantitative estimate of drug-likeness (QED) is 0.589. The highest BCUT2D eigenvalue weighted by molar-refractivity contribution is 7.94. The molecule has 152 valence electrons. The Kier molecular flexibility index (Phi) is 4.91. The number of rotatable bonds is 4. The minimum Gasteiger partial charge on any atom is -0.292 e. The second-order valence-electron chi connectivity index (χ2n) is 7.23. The normalized spacial score (nSPS) is 15.1. The van der Waals surface area contributed by atoms with Crippen LogP contribution in [0.2, 0.25) is 0 Å². The predicted molar refractivity (Wildman–Crippen MR) is 116 cm³/mol. The average molecular weight is 420 g/mol. The van der Waals surface area contributed by atoms with Crippen molar-refractivity contribution < 1.29 is 18.0 Å². The van der Waals surface area contributed by atoms with Gasteiger partial charge >= 0.3 is 6.03 Å². The summed E-state index contributed by atoms with van der Waals surface area (Å²) in [5.74, 6) is -0.277. The molecule has 1 heterocycles. The van der Waals surface area contributed by atoms with Gasteiger partial charge in [0.05, 0.1) is 17.9 Å². The Balaban J connectivity index is 1.79. The van der Waals surface area contributed by atoms with Gasteiger partial charge in [0, 0.05) is 5.56 Å². The third kappa shape index (κ3) is 3.37. The summed E-state index contributed by atoms with van der Waals surface area (Å²) in [5.41, 5.74) is 2.84. The smallest absolute Gasteiger partial charge is 0.292 e. The van der Waals surface area contributed by atoms with Crippen molar-refractivity contribution in [2.24, 2.45) is 0 Å². The highest BCUT2D eigenvalue weighted by Crippen LogP contribution is 2.37. The van der Waals surface area contributed by atoms with Crippen LogP contribution < -0.4 is 9.21 Å². The number of hydrogen-bond acceptors (Lipinski definition) is 4. The molecule has 0 spiro atoms.